The molecule has 1 N–H and O–H groups in total. The molecule has 1 saturated heterocycles. The SMILES string of the molecule is CCOc1cc2[nH]c(=S)n(CCCN3CCCC[C@H]3CC)c(=O)c2cc1OCC. The van der Waals surface area contributed by atoms with Gasteiger partial charge in [-0.2, -0.15) is 0 Å². The van der Waals surface area contributed by atoms with Gasteiger partial charge in [0.05, 0.1) is 24.1 Å². The molecule has 0 unspecified atom stereocenters. The van der Waals surface area contributed by atoms with Crippen molar-refractivity contribution in [2.45, 2.75) is 65.5 Å². The summed E-state index contributed by atoms with van der Waals surface area (Å²) in [6.07, 6.45) is 5.99. The molecule has 1 aromatic heterocycles. The average Bonchev–Trinajstić information content (AvgIpc) is 2.72. The number of fused-ring (bicyclic) bond motifs is 1. The number of hydrogen-bond donors (Lipinski definition) is 1. The lowest BCUT2D eigenvalue weighted by atomic mass is 10.00. The predicted molar refractivity (Wildman–Crippen MR) is 120 cm³/mol. The Hall–Kier alpha value is -1.86. The number of H-pyrrole nitrogens is 1. The average molecular weight is 420 g/mol. The van der Waals surface area contributed by atoms with Gasteiger partial charge >= 0.3 is 0 Å². The Balaban J connectivity index is 1.83. The molecule has 0 saturated carbocycles. The number of hydrogen-bond acceptors (Lipinski definition) is 5. The van der Waals surface area contributed by atoms with Crippen LogP contribution in [0.25, 0.3) is 10.9 Å². The second-order valence-electron chi connectivity index (χ2n) is 7.54. The molecule has 0 bridgehead atoms. The molecule has 2 heterocycles. The molecule has 1 fully saturated rings. The normalized spacial score (nSPS) is 17.6. The number of piperidine rings is 1. The first-order valence-electron chi connectivity index (χ1n) is 10.9. The molecule has 0 aliphatic carbocycles. The molecule has 29 heavy (non-hydrogen) atoms. The van der Waals surface area contributed by atoms with Gasteiger partial charge in [0, 0.05) is 25.2 Å². The number of aromatic nitrogens is 2. The third-order valence-corrected chi connectivity index (χ3v) is 6.02. The van der Waals surface area contributed by atoms with Crippen molar-refractivity contribution in [1.82, 2.24) is 14.5 Å². The summed E-state index contributed by atoms with van der Waals surface area (Å²) >= 11 is 5.50. The molecule has 0 spiro atoms. The fourth-order valence-corrected chi connectivity index (χ4v) is 4.53. The van der Waals surface area contributed by atoms with Crippen LogP contribution < -0.4 is 15.0 Å². The van der Waals surface area contributed by atoms with E-state index in [0.717, 1.165) is 19.5 Å². The maximum Gasteiger partial charge on any atom is 0.262 e. The van der Waals surface area contributed by atoms with Crippen molar-refractivity contribution < 1.29 is 9.47 Å². The Kier molecular flexibility index (Phi) is 7.72. The minimum absolute atomic E-state index is 0.0709. The maximum atomic E-state index is 13.1. The number of ether oxygens (including phenoxy) is 2. The molecule has 0 radical (unpaired) electrons. The van der Waals surface area contributed by atoms with Crippen LogP contribution in [-0.2, 0) is 6.54 Å². The Morgan fingerprint density at radius 1 is 1.10 bits per heavy atom. The standard InChI is InChI=1S/C22H33N3O3S/c1-4-16-10-7-8-11-24(16)12-9-13-25-21(26)17-14-19(27-5-2)20(28-6-3)15-18(17)23-22(25)29/h14-16H,4-13H2,1-3H3,(H,23,29)/t16-/m1/s1. The van der Waals surface area contributed by atoms with E-state index in [4.69, 9.17) is 21.7 Å². The van der Waals surface area contributed by atoms with Crippen LogP contribution in [0.2, 0.25) is 0 Å². The summed E-state index contributed by atoms with van der Waals surface area (Å²) in [4.78, 5) is 18.9. The van der Waals surface area contributed by atoms with Gasteiger partial charge in [-0.25, -0.2) is 0 Å². The van der Waals surface area contributed by atoms with Gasteiger partial charge in [0.2, 0.25) is 0 Å². The molecular formula is C22H33N3O3S. The monoisotopic (exact) mass is 419 g/mol. The van der Waals surface area contributed by atoms with Crippen molar-refractivity contribution >= 4 is 23.1 Å². The summed E-state index contributed by atoms with van der Waals surface area (Å²) in [6.45, 7) is 9.93. The lowest BCUT2D eigenvalue weighted by molar-refractivity contribution is 0.140. The number of nitrogens with zero attached hydrogens (tertiary/aromatic N) is 2. The highest BCUT2D eigenvalue weighted by Gasteiger charge is 2.20. The molecule has 3 rings (SSSR count). The summed E-state index contributed by atoms with van der Waals surface area (Å²) in [5.74, 6) is 1.22. The minimum atomic E-state index is -0.0709. The number of rotatable bonds is 9. The van der Waals surface area contributed by atoms with E-state index in [1.165, 1.54) is 25.7 Å². The van der Waals surface area contributed by atoms with Gasteiger partial charge in [-0.15, -0.1) is 0 Å². The van der Waals surface area contributed by atoms with Crippen LogP contribution in [0.15, 0.2) is 16.9 Å². The summed E-state index contributed by atoms with van der Waals surface area (Å²) in [5.41, 5.74) is 0.615. The quantitative estimate of drug-likeness (QED) is 0.606. The molecule has 1 aromatic carbocycles. The molecule has 0 amide bonds. The van der Waals surface area contributed by atoms with E-state index < -0.39 is 0 Å². The third kappa shape index (κ3) is 5.01. The maximum absolute atomic E-state index is 13.1. The van der Waals surface area contributed by atoms with Crippen molar-refractivity contribution in [2.75, 3.05) is 26.3 Å². The van der Waals surface area contributed by atoms with Crippen molar-refractivity contribution in [3.05, 3.63) is 27.3 Å². The van der Waals surface area contributed by atoms with E-state index in [1.54, 1.807) is 10.6 Å². The smallest absolute Gasteiger partial charge is 0.262 e. The van der Waals surface area contributed by atoms with Crippen molar-refractivity contribution in [3.63, 3.8) is 0 Å². The molecule has 6 nitrogen and oxygen atoms in total. The molecule has 1 atom stereocenters. The zero-order chi connectivity index (χ0) is 20.8. The van der Waals surface area contributed by atoms with Crippen LogP contribution in [0.5, 0.6) is 11.5 Å². The first-order valence-corrected chi connectivity index (χ1v) is 11.3. The molecule has 160 valence electrons. The fraction of sp³-hybridized carbons (Fsp3) is 0.636. The van der Waals surface area contributed by atoms with Gasteiger partial charge < -0.3 is 19.4 Å². The lowest BCUT2D eigenvalue weighted by Gasteiger charge is -2.35. The van der Waals surface area contributed by atoms with E-state index in [-0.39, 0.29) is 5.56 Å². The van der Waals surface area contributed by atoms with Crippen molar-refractivity contribution in [3.8, 4) is 11.5 Å². The Bertz CT molecular complexity index is 937. The van der Waals surface area contributed by atoms with Gasteiger partial charge in [0.1, 0.15) is 0 Å². The second kappa shape index (κ2) is 10.3. The Labute approximate surface area is 177 Å². The zero-order valence-electron chi connectivity index (χ0n) is 17.8. The van der Waals surface area contributed by atoms with E-state index in [9.17, 15) is 4.79 Å². The summed E-state index contributed by atoms with van der Waals surface area (Å²) in [5, 5.41) is 0.579. The largest absolute Gasteiger partial charge is 0.490 e. The zero-order valence-corrected chi connectivity index (χ0v) is 18.6. The Morgan fingerprint density at radius 2 is 1.83 bits per heavy atom. The molecule has 7 heteroatoms. The van der Waals surface area contributed by atoms with Crippen LogP contribution >= 0.6 is 12.2 Å². The summed E-state index contributed by atoms with van der Waals surface area (Å²) < 4.78 is 13.5. The van der Waals surface area contributed by atoms with Crippen LogP contribution in [0.3, 0.4) is 0 Å². The van der Waals surface area contributed by atoms with Crippen LogP contribution in [0.1, 0.15) is 52.9 Å². The first-order chi connectivity index (χ1) is 14.1. The van der Waals surface area contributed by atoms with Gasteiger partial charge in [-0.1, -0.05) is 13.3 Å². The highest BCUT2D eigenvalue weighted by molar-refractivity contribution is 7.71. The van der Waals surface area contributed by atoms with Crippen molar-refractivity contribution in [2.24, 2.45) is 0 Å². The van der Waals surface area contributed by atoms with Gasteiger partial charge in [0.25, 0.3) is 5.56 Å². The van der Waals surface area contributed by atoms with Crippen molar-refractivity contribution in [1.29, 1.82) is 0 Å². The van der Waals surface area contributed by atoms with E-state index in [2.05, 4.69) is 16.8 Å². The third-order valence-electron chi connectivity index (χ3n) is 5.69. The Morgan fingerprint density at radius 3 is 2.52 bits per heavy atom. The number of aromatic amines is 1. The molecular weight excluding hydrogens is 386 g/mol. The summed E-state index contributed by atoms with van der Waals surface area (Å²) in [6, 6.07) is 4.26. The van der Waals surface area contributed by atoms with E-state index in [0.29, 0.717) is 53.0 Å². The fourth-order valence-electron chi connectivity index (χ4n) is 4.25. The first kappa shape index (κ1) is 21.8. The van der Waals surface area contributed by atoms with E-state index >= 15 is 0 Å². The second-order valence-corrected chi connectivity index (χ2v) is 7.93. The molecule has 2 aromatic rings. The number of benzene rings is 1. The van der Waals surface area contributed by atoms with E-state index in [1.807, 2.05) is 19.9 Å². The molecule has 1 aliphatic rings. The van der Waals surface area contributed by atoms with Crippen LogP contribution in [-0.4, -0.2) is 46.8 Å². The van der Waals surface area contributed by atoms with Crippen LogP contribution in [0, 0.1) is 4.77 Å². The van der Waals surface area contributed by atoms with Crippen LogP contribution in [0.4, 0.5) is 0 Å². The highest BCUT2D eigenvalue weighted by atomic mass is 32.1. The minimum Gasteiger partial charge on any atom is -0.490 e. The highest BCUT2D eigenvalue weighted by Crippen LogP contribution is 2.31. The van der Waals surface area contributed by atoms with Gasteiger partial charge in [-0.05, 0) is 64.4 Å². The topological polar surface area (TPSA) is 59.5 Å². The van der Waals surface area contributed by atoms with Gasteiger partial charge in [-0.3, -0.25) is 9.36 Å². The summed E-state index contributed by atoms with van der Waals surface area (Å²) in [7, 11) is 0. The van der Waals surface area contributed by atoms with Gasteiger partial charge in [0.15, 0.2) is 16.3 Å². The number of nitrogens with one attached hydrogen (secondary N) is 1. The lowest BCUT2D eigenvalue weighted by Crippen LogP contribution is -2.40. The predicted octanol–water partition coefficient (Wildman–Crippen LogP) is 4.51. The number of likely N-dealkylation sites (tertiary alicyclic amines) is 1. The molecule has 1 aliphatic heterocycles.